The molecular weight excluding hydrogens is 554 g/mol. The van der Waals surface area contributed by atoms with E-state index in [-0.39, 0.29) is 43.4 Å². The highest BCUT2D eigenvalue weighted by Gasteiger charge is 2.19. The van der Waals surface area contributed by atoms with Crippen LogP contribution in [0.3, 0.4) is 0 Å². The Bertz CT molecular complexity index is 861. The van der Waals surface area contributed by atoms with Crippen molar-refractivity contribution in [2.45, 2.75) is 0 Å². The van der Waals surface area contributed by atoms with Crippen molar-refractivity contribution >= 4 is 23.0 Å². The van der Waals surface area contributed by atoms with Gasteiger partial charge in [0.15, 0.2) is 0 Å². The number of non-ortho nitro benzene ring substituents is 1. The smallest absolute Gasteiger partial charge is 0.329 e. The van der Waals surface area contributed by atoms with Gasteiger partial charge < -0.3 is 48.3 Å². The number of carboxylic acid groups (broad SMARTS) is 1. The van der Waals surface area contributed by atoms with Gasteiger partial charge in [-0.05, 0) is 6.07 Å². The molecule has 0 radical (unpaired) electrons. The third-order valence-electron chi connectivity index (χ3n) is 4.78. The van der Waals surface area contributed by atoms with Gasteiger partial charge in [0, 0.05) is 12.6 Å². The number of hydrogen-bond acceptors (Lipinski definition) is 14. The second-order valence-electron chi connectivity index (χ2n) is 7.88. The standard InChI is InChI=1S/C24H39N3O14/c28-24(29)20-41-18-17-40-16-15-39-14-13-38-12-11-37-10-9-36-8-7-35-6-5-34-4-3-25-22-2-1-21(26(30)31)19-23(22)27(32)33/h1-2,19,25H,3-18,20H2,(H,28,29). The van der Waals surface area contributed by atoms with Gasteiger partial charge in [0.25, 0.3) is 11.4 Å². The van der Waals surface area contributed by atoms with Crippen LogP contribution in [0.15, 0.2) is 18.2 Å². The van der Waals surface area contributed by atoms with Crippen LogP contribution in [0.5, 0.6) is 0 Å². The number of nitrogens with one attached hydrogen (secondary N) is 1. The molecule has 1 rings (SSSR count). The van der Waals surface area contributed by atoms with Gasteiger partial charge in [-0.2, -0.15) is 0 Å². The van der Waals surface area contributed by atoms with Crippen LogP contribution in [-0.2, 0) is 42.7 Å². The van der Waals surface area contributed by atoms with Gasteiger partial charge in [-0.1, -0.05) is 0 Å². The first-order valence-corrected chi connectivity index (χ1v) is 12.9. The molecule has 0 aromatic heterocycles. The van der Waals surface area contributed by atoms with Crippen molar-refractivity contribution in [1.82, 2.24) is 0 Å². The van der Waals surface area contributed by atoms with Crippen molar-refractivity contribution in [2.24, 2.45) is 0 Å². The van der Waals surface area contributed by atoms with Crippen LogP contribution >= 0.6 is 0 Å². The summed E-state index contributed by atoms with van der Waals surface area (Å²) in [5.41, 5.74) is -0.543. The maximum atomic E-state index is 11.1. The monoisotopic (exact) mass is 593 g/mol. The lowest BCUT2D eigenvalue weighted by molar-refractivity contribution is -0.393. The molecule has 0 fully saturated rings. The fourth-order valence-corrected chi connectivity index (χ4v) is 2.89. The quantitative estimate of drug-likeness (QED) is 0.0757. The molecule has 41 heavy (non-hydrogen) atoms. The van der Waals surface area contributed by atoms with Crippen LogP contribution in [-0.4, -0.2) is 133 Å². The first-order valence-electron chi connectivity index (χ1n) is 12.9. The third-order valence-corrected chi connectivity index (χ3v) is 4.78. The second-order valence-corrected chi connectivity index (χ2v) is 7.88. The van der Waals surface area contributed by atoms with Crippen molar-refractivity contribution in [3.05, 3.63) is 38.4 Å². The van der Waals surface area contributed by atoms with Crippen LogP contribution in [0.25, 0.3) is 0 Å². The largest absolute Gasteiger partial charge is 0.480 e. The van der Waals surface area contributed by atoms with E-state index in [1.807, 2.05) is 0 Å². The van der Waals surface area contributed by atoms with E-state index in [1.54, 1.807) is 0 Å². The minimum absolute atomic E-state index is 0.179. The predicted octanol–water partition coefficient (Wildman–Crippen LogP) is 1.13. The number of nitrogens with zero attached hydrogens (tertiary/aromatic N) is 2. The lowest BCUT2D eigenvalue weighted by Gasteiger charge is -2.09. The molecule has 0 amide bonds. The van der Waals surface area contributed by atoms with Crippen LogP contribution in [0.1, 0.15) is 0 Å². The summed E-state index contributed by atoms with van der Waals surface area (Å²) in [5, 5.41) is 33.1. The van der Waals surface area contributed by atoms with Crippen molar-refractivity contribution < 1.29 is 57.6 Å². The molecule has 0 aliphatic heterocycles. The molecule has 0 saturated heterocycles. The Labute approximate surface area is 237 Å². The van der Waals surface area contributed by atoms with Crippen molar-refractivity contribution in [3.63, 3.8) is 0 Å². The van der Waals surface area contributed by atoms with Crippen molar-refractivity contribution in [2.75, 3.05) is 118 Å². The zero-order valence-corrected chi connectivity index (χ0v) is 22.9. The Morgan fingerprint density at radius 1 is 0.634 bits per heavy atom. The lowest BCUT2D eigenvalue weighted by atomic mass is 10.2. The van der Waals surface area contributed by atoms with E-state index in [2.05, 4.69) is 5.32 Å². The Morgan fingerprint density at radius 3 is 1.39 bits per heavy atom. The molecule has 1 aromatic carbocycles. The number of hydrogen-bond donors (Lipinski definition) is 2. The summed E-state index contributed by atoms with van der Waals surface area (Å²) >= 11 is 0. The van der Waals surface area contributed by atoms with Crippen molar-refractivity contribution in [1.29, 1.82) is 0 Å². The normalized spacial score (nSPS) is 11.0. The van der Waals surface area contributed by atoms with E-state index in [9.17, 15) is 25.0 Å². The zero-order valence-electron chi connectivity index (χ0n) is 22.9. The summed E-state index contributed by atoms with van der Waals surface area (Å²) < 4.78 is 42.3. The van der Waals surface area contributed by atoms with E-state index in [0.717, 1.165) is 6.07 Å². The van der Waals surface area contributed by atoms with E-state index < -0.39 is 15.8 Å². The molecule has 17 heteroatoms. The lowest BCUT2D eigenvalue weighted by Crippen LogP contribution is -2.16. The molecule has 234 valence electrons. The Morgan fingerprint density at radius 2 is 1.02 bits per heavy atom. The van der Waals surface area contributed by atoms with E-state index in [0.29, 0.717) is 85.9 Å². The van der Waals surface area contributed by atoms with Crippen LogP contribution in [0, 0.1) is 20.2 Å². The van der Waals surface area contributed by atoms with Crippen molar-refractivity contribution in [3.8, 4) is 0 Å². The van der Waals surface area contributed by atoms with Gasteiger partial charge in [-0.15, -0.1) is 0 Å². The van der Waals surface area contributed by atoms with Gasteiger partial charge in [-0.3, -0.25) is 20.2 Å². The number of anilines is 1. The molecule has 1 aromatic rings. The van der Waals surface area contributed by atoms with Gasteiger partial charge in [0.1, 0.15) is 12.3 Å². The molecule has 0 spiro atoms. The van der Waals surface area contributed by atoms with Gasteiger partial charge in [0.05, 0.1) is 115 Å². The molecule has 0 unspecified atom stereocenters. The second kappa shape index (κ2) is 24.7. The predicted molar refractivity (Wildman–Crippen MR) is 142 cm³/mol. The Kier molecular flexibility index (Phi) is 21.7. The summed E-state index contributed by atoms with van der Waals surface area (Å²) in [5.74, 6) is -1.01. The maximum Gasteiger partial charge on any atom is 0.329 e. The molecule has 0 atom stereocenters. The molecular formula is C24H39N3O14. The highest BCUT2D eigenvalue weighted by Crippen LogP contribution is 2.28. The number of ether oxygens (including phenoxy) is 8. The summed E-state index contributed by atoms with van der Waals surface area (Å²) in [6.45, 7) is 5.61. The number of benzene rings is 1. The fraction of sp³-hybridized carbons (Fsp3) is 0.708. The summed E-state index contributed by atoms with van der Waals surface area (Å²) in [7, 11) is 0. The highest BCUT2D eigenvalue weighted by molar-refractivity contribution is 5.68. The van der Waals surface area contributed by atoms with Crippen LogP contribution < -0.4 is 5.32 Å². The number of carboxylic acids is 1. The Balaban J connectivity index is 1.80. The average Bonchev–Trinajstić information content (AvgIpc) is 2.94. The summed E-state index contributed by atoms with van der Waals surface area (Å²) in [4.78, 5) is 30.8. The Hall–Kier alpha value is -3.03. The van der Waals surface area contributed by atoms with Crippen LogP contribution in [0.4, 0.5) is 17.1 Å². The minimum atomic E-state index is -1.01. The van der Waals surface area contributed by atoms with E-state index in [4.69, 9.17) is 43.0 Å². The average molecular weight is 594 g/mol. The number of aliphatic carboxylic acids is 1. The number of carbonyl (C=O) groups is 1. The molecule has 17 nitrogen and oxygen atoms in total. The van der Waals surface area contributed by atoms with E-state index in [1.165, 1.54) is 12.1 Å². The summed E-state index contributed by atoms with van der Waals surface area (Å²) in [6, 6.07) is 3.40. The topological polar surface area (TPSA) is 209 Å². The minimum Gasteiger partial charge on any atom is -0.480 e. The first kappa shape index (κ1) is 36.0. The number of nitro groups is 2. The number of rotatable bonds is 29. The van der Waals surface area contributed by atoms with Gasteiger partial charge in [-0.25, -0.2) is 4.79 Å². The van der Waals surface area contributed by atoms with Gasteiger partial charge >= 0.3 is 5.97 Å². The van der Waals surface area contributed by atoms with Crippen LogP contribution in [0.2, 0.25) is 0 Å². The highest BCUT2D eigenvalue weighted by atomic mass is 16.6. The SMILES string of the molecule is O=C(O)COCCOCCOCCOCCOCCOCCOCCOCCNc1ccc([N+](=O)[O-])cc1[N+](=O)[O-]. The molecule has 0 aliphatic rings. The third kappa shape index (κ3) is 20.5. The van der Waals surface area contributed by atoms with Gasteiger partial charge in [0.2, 0.25) is 0 Å². The summed E-state index contributed by atoms with van der Waals surface area (Å²) in [6.07, 6.45) is 0. The molecule has 0 aliphatic carbocycles. The number of nitro benzene ring substituents is 2. The molecule has 2 N–H and O–H groups in total. The molecule has 0 saturated carbocycles. The zero-order chi connectivity index (χ0) is 30.0. The first-order chi connectivity index (χ1) is 19.9. The fourth-order valence-electron chi connectivity index (χ4n) is 2.89. The maximum absolute atomic E-state index is 11.1. The van der Waals surface area contributed by atoms with E-state index >= 15 is 0 Å². The molecule has 0 heterocycles. The molecule has 0 bridgehead atoms.